The van der Waals surface area contributed by atoms with Crippen LogP contribution in [0.4, 0.5) is 5.69 Å². The van der Waals surface area contributed by atoms with Gasteiger partial charge in [0.1, 0.15) is 6.04 Å². The van der Waals surface area contributed by atoms with E-state index >= 15 is 0 Å². The van der Waals surface area contributed by atoms with Gasteiger partial charge in [-0.3, -0.25) is 4.79 Å². The number of morpholine rings is 1. The van der Waals surface area contributed by atoms with Crippen LogP contribution >= 0.6 is 11.6 Å². The Morgan fingerprint density at radius 1 is 1.60 bits per heavy atom. The minimum atomic E-state index is -0.422. The maximum Gasteiger partial charge on any atom is 0.245 e. The molecular formula is C14H19ClN2O3. The van der Waals surface area contributed by atoms with Crippen molar-refractivity contribution >= 4 is 23.2 Å². The second-order valence-corrected chi connectivity index (χ2v) is 4.99. The Balaban J connectivity index is 2.35. The first-order valence-electron chi connectivity index (χ1n) is 6.69. The highest BCUT2D eigenvalue weighted by Gasteiger charge is 2.31. The maximum absolute atomic E-state index is 12.2. The number of rotatable bonds is 4. The minimum absolute atomic E-state index is 0.0870. The number of aliphatic hydroxyl groups is 1. The Bertz CT molecular complexity index is 481. The van der Waals surface area contributed by atoms with Gasteiger partial charge in [0.2, 0.25) is 5.91 Å². The molecule has 1 amide bonds. The Morgan fingerprint density at radius 2 is 2.40 bits per heavy atom. The molecular weight excluding hydrogens is 280 g/mol. The van der Waals surface area contributed by atoms with Crippen LogP contribution in [0, 0.1) is 0 Å². The lowest BCUT2D eigenvalue weighted by Crippen LogP contribution is -2.54. The van der Waals surface area contributed by atoms with Crippen LogP contribution < -0.4 is 10.2 Å². The molecule has 0 radical (unpaired) electrons. The molecule has 0 saturated carbocycles. The molecule has 1 aromatic carbocycles. The summed E-state index contributed by atoms with van der Waals surface area (Å²) in [5.74, 6) is -0.0870. The third-order valence-corrected chi connectivity index (χ3v) is 3.62. The van der Waals surface area contributed by atoms with E-state index in [4.69, 9.17) is 16.3 Å². The van der Waals surface area contributed by atoms with Crippen molar-refractivity contribution in [3.63, 3.8) is 0 Å². The summed E-state index contributed by atoms with van der Waals surface area (Å²) in [6, 6.07) is 4.94. The van der Waals surface area contributed by atoms with Gasteiger partial charge in [0.05, 0.1) is 30.5 Å². The van der Waals surface area contributed by atoms with E-state index < -0.39 is 6.04 Å². The molecule has 1 saturated heterocycles. The smallest absolute Gasteiger partial charge is 0.245 e. The predicted molar refractivity (Wildman–Crippen MR) is 78.0 cm³/mol. The largest absolute Gasteiger partial charge is 0.392 e. The van der Waals surface area contributed by atoms with Crippen LogP contribution in [0.3, 0.4) is 0 Å². The van der Waals surface area contributed by atoms with Crippen molar-refractivity contribution in [2.45, 2.75) is 19.6 Å². The zero-order chi connectivity index (χ0) is 14.5. The molecule has 110 valence electrons. The van der Waals surface area contributed by atoms with E-state index in [1.807, 2.05) is 17.9 Å². The predicted octanol–water partition coefficient (Wildman–Crippen LogP) is 1.17. The van der Waals surface area contributed by atoms with Gasteiger partial charge in [-0.1, -0.05) is 23.7 Å². The average Bonchev–Trinajstić information content (AvgIpc) is 2.47. The summed E-state index contributed by atoms with van der Waals surface area (Å²) in [6.45, 7) is 3.75. The van der Waals surface area contributed by atoms with Crippen LogP contribution in [-0.4, -0.2) is 43.4 Å². The molecule has 6 heteroatoms. The molecule has 0 aromatic heterocycles. The lowest BCUT2D eigenvalue weighted by atomic mass is 10.1. The molecule has 2 rings (SSSR count). The van der Waals surface area contributed by atoms with E-state index in [0.717, 1.165) is 5.69 Å². The van der Waals surface area contributed by atoms with Crippen LogP contribution in [0.15, 0.2) is 18.2 Å². The van der Waals surface area contributed by atoms with Crippen LogP contribution in [0.1, 0.15) is 12.5 Å². The summed E-state index contributed by atoms with van der Waals surface area (Å²) in [5, 5.41) is 12.8. The van der Waals surface area contributed by atoms with E-state index in [-0.39, 0.29) is 12.5 Å². The Kier molecular flexibility index (Phi) is 5.23. The highest BCUT2D eigenvalue weighted by Crippen LogP contribution is 2.32. The fourth-order valence-corrected chi connectivity index (χ4v) is 2.69. The van der Waals surface area contributed by atoms with Crippen molar-refractivity contribution in [3.8, 4) is 0 Å². The third-order valence-electron chi connectivity index (χ3n) is 3.31. The second-order valence-electron chi connectivity index (χ2n) is 4.58. The molecule has 1 atom stereocenters. The van der Waals surface area contributed by atoms with Crippen molar-refractivity contribution in [2.24, 2.45) is 0 Å². The zero-order valence-electron chi connectivity index (χ0n) is 11.4. The molecule has 2 N–H and O–H groups in total. The summed E-state index contributed by atoms with van der Waals surface area (Å²) in [4.78, 5) is 14.1. The molecule has 1 aliphatic rings. The van der Waals surface area contributed by atoms with E-state index in [1.165, 1.54) is 0 Å². The number of para-hydroxylation sites is 1. The molecule has 5 nitrogen and oxygen atoms in total. The van der Waals surface area contributed by atoms with Gasteiger partial charge >= 0.3 is 0 Å². The molecule has 1 fully saturated rings. The Morgan fingerprint density at radius 3 is 3.10 bits per heavy atom. The summed E-state index contributed by atoms with van der Waals surface area (Å²) >= 11 is 6.26. The normalized spacial score (nSPS) is 18.9. The molecule has 0 bridgehead atoms. The SMILES string of the molecule is CCNC(=O)C1COCCN1c1c(Cl)cccc1CO. The number of hydrogen-bond donors (Lipinski definition) is 2. The maximum atomic E-state index is 12.2. The summed E-state index contributed by atoms with van der Waals surface area (Å²) < 4.78 is 5.41. The van der Waals surface area contributed by atoms with Crippen molar-refractivity contribution < 1.29 is 14.6 Å². The monoisotopic (exact) mass is 298 g/mol. The lowest BCUT2D eigenvalue weighted by Gasteiger charge is -2.37. The summed E-state index contributed by atoms with van der Waals surface area (Å²) in [7, 11) is 0. The number of benzene rings is 1. The number of likely N-dealkylation sites (N-methyl/N-ethyl adjacent to an activating group) is 1. The van der Waals surface area contributed by atoms with Gasteiger partial charge in [0.15, 0.2) is 0 Å². The number of amides is 1. The van der Waals surface area contributed by atoms with E-state index in [9.17, 15) is 9.90 Å². The van der Waals surface area contributed by atoms with Crippen molar-refractivity contribution in [3.05, 3.63) is 28.8 Å². The number of hydrogen-bond acceptors (Lipinski definition) is 4. The van der Waals surface area contributed by atoms with Crippen LogP contribution in [0.2, 0.25) is 5.02 Å². The number of anilines is 1. The molecule has 1 unspecified atom stereocenters. The van der Waals surface area contributed by atoms with E-state index in [2.05, 4.69) is 5.32 Å². The number of nitrogens with zero attached hydrogens (tertiary/aromatic N) is 1. The van der Waals surface area contributed by atoms with Gasteiger partial charge in [-0.15, -0.1) is 0 Å². The first-order valence-corrected chi connectivity index (χ1v) is 7.07. The quantitative estimate of drug-likeness (QED) is 0.876. The number of nitrogens with one attached hydrogen (secondary N) is 1. The van der Waals surface area contributed by atoms with Gasteiger partial charge in [0.25, 0.3) is 0 Å². The highest BCUT2D eigenvalue weighted by atomic mass is 35.5. The van der Waals surface area contributed by atoms with Crippen LogP contribution in [0.5, 0.6) is 0 Å². The molecule has 1 heterocycles. The Hall–Kier alpha value is -1.30. The van der Waals surface area contributed by atoms with Gasteiger partial charge in [-0.05, 0) is 13.0 Å². The Labute approximate surface area is 123 Å². The molecule has 0 aliphatic carbocycles. The average molecular weight is 299 g/mol. The molecule has 20 heavy (non-hydrogen) atoms. The van der Waals surface area contributed by atoms with E-state index in [1.54, 1.807) is 12.1 Å². The summed E-state index contributed by atoms with van der Waals surface area (Å²) in [5.41, 5.74) is 1.44. The highest BCUT2D eigenvalue weighted by molar-refractivity contribution is 6.33. The number of ether oxygens (including phenoxy) is 1. The fourth-order valence-electron chi connectivity index (χ4n) is 2.39. The van der Waals surface area contributed by atoms with Crippen molar-refractivity contribution in [1.29, 1.82) is 0 Å². The van der Waals surface area contributed by atoms with Crippen molar-refractivity contribution in [2.75, 3.05) is 31.2 Å². The van der Waals surface area contributed by atoms with Crippen LogP contribution in [-0.2, 0) is 16.1 Å². The number of aliphatic hydroxyl groups excluding tert-OH is 1. The third kappa shape index (κ3) is 3.06. The fraction of sp³-hybridized carbons (Fsp3) is 0.500. The standard InChI is InChI=1S/C14H19ClN2O3/c1-2-16-14(19)12-9-20-7-6-17(12)13-10(8-18)4-3-5-11(13)15/h3-5,12,18H,2,6-9H2,1H3,(H,16,19). The van der Waals surface area contributed by atoms with Gasteiger partial charge in [0, 0.05) is 18.7 Å². The van der Waals surface area contributed by atoms with Gasteiger partial charge in [-0.2, -0.15) is 0 Å². The first-order chi connectivity index (χ1) is 9.69. The number of halogens is 1. The molecule has 1 aromatic rings. The topological polar surface area (TPSA) is 61.8 Å². The van der Waals surface area contributed by atoms with E-state index in [0.29, 0.717) is 36.9 Å². The minimum Gasteiger partial charge on any atom is -0.392 e. The van der Waals surface area contributed by atoms with Crippen LogP contribution in [0.25, 0.3) is 0 Å². The zero-order valence-corrected chi connectivity index (χ0v) is 12.2. The van der Waals surface area contributed by atoms with Crippen molar-refractivity contribution in [1.82, 2.24) is 5.32 Å². The second kappa shape index (κ2) is 6.92. The molecule has 1 aliphatic heterocycles. The number of carbonyl (C=O) groups excluding carboxylic acids is 1. The molecule has 0 spiro atoms. The first kappa shape index (κ1) is 15.1. The van der Waals surface area contributed by atoms with Gasteiger partial charge < -0.3 is 20.1 Å². The summed E-state index contributed by atoms with van der Waals surface area (Å²) in [6.07, 6.45) is 0. The lowest BCUT2D eigenvalue weighted by molar-refractivity contribution is -0.124. The number of carbonyl (C=O) groups is 1. The van der Waals surface area contributed by atoms with Gasteiger partial charge in [-0.25, -0.2) is 0 Å².